The number of carbonyl (C=O) groups excluding carboxylic acids is 2. The highest BCUT2D eigenvalue weighted by Crippen LogP contribution is 2.33. The van der Waals surface area contributed by atoms with Gasteiger partial charge in [-0.2, -0.15) is 0 Å². The van der Waals surface area contributed by atoms with Crippen molar-refractivity contribution in [3.63, 3.8) is 0 Å². The van der Waals surface area contributed by atoms with Gasteiger partial charge in [-0.05, 0) is 30.5 Å². The number of hydrogen-bond acceptors (Lipinski definition) is 6. The third kappa shape index (κ3) is 4.45. The summed E-state index contributed by atoms with van der Waals surface area (Å²) in [5, 5.41) is 6.49. The fourth-order valence-corrected chi connectivity index (χ4v) is 4.28. The monoisotopic (exact) mass is 416 g/mol. The summed E-state index contributed by atoms with van der Waals surface area (Å²) >= 11 is 1.46. The number of aromatic nitrogens is 1. The summed E-state index contributed by atoms with van der Waals surface area (Å²) in [6.45, 7) is 1.50. The average molecular weight is 417 g/mol. The van der Waals surface area contributed by atoms with Crippen LogP contribution in [0.3, 0.4) is 0 Å². The van der Waals surface area contributed by atoms with Gasteiger partial charge >= 0.3 is 6.03 Å². The van der Waals surface area contributed by atoms with E-state index in [1.54, 1.807) is 19.1 Å². The average Bonchev–Trinajstić information content (AvgIpc) is 3.51. The van der Waals surface area contributed by atoms with Gasteiger partial charge in [0.05, 0.1) is 26.5 Å². The lowest BCUT2D eigenvalue weighted by molar-refractivity contribution is -0.117. The molecule has 0 unspecified atom stereocenters. The number of urea groups is 1. The summed E-state index contributed by atoms with van der Waals surface area (Å²) in [6.07, 6.45) is 2.62. The van der Waals surface area contributed by atoms with Gasteiger partial charge < -0.3 is 25.0 Å². The molecule has 154 valence electrons. The molecule has 1 aliphatic carbocycles. The minimum Gasteiger partial charge on any atom is -0.493 e. The highest BCUT2D eigenvalue weighted by Gasteiger charge is 2.31. The van der Waals surface area contributed by atoms with Crippen LogP contribution in [-0.4, -0.2) is 42.6 Å². The topological polar surface area (TPSA) is 92.8 Å². The van der Waals surface area contributed by atoms with E-state index in [9.17, 15) is 9.59 Å². The van der Waals surface area contributed by atoms with E-state index in [0.29, 0.717) is 42.7 Å². The van der Waals surface area contributed by atoms with Crippen LogP contribution < -0.4 is 20.1 Å². The Bertz CT molecular complexity index is 925. The lowest BCUT2D eigenvalue weighted by Crippen LogP contribution is -2.42. The van der Waals surface area contributed by atoms with Gasteiger partial charge in [0.15, 0.2) is 16.6 Å². The van der Waals surface area contributed by atoms with Crippen LogP contribution in [-0.2, 0) is 24.3 Å². The van der Waals surface area contributed by atoms with Crippen LogP contribution in [0.5, 0.6) is 11.5 Å². The predicted octanol–water partition coefficient (Wildman–Crippen LogP) is 2.78. The number of benzene rings is 1. The number of nitrogens with one attached hydrogen (secondary N) is 2. The summed E-state index contributed by atoms with van der Waals surface area (Å²) in [4.78, 5) is 31.9. The van der Waals surface area contributed by atoms with Crippen LogP contribution in [0.25, 0.3) is 0 Å². The lowest BCUT2D eigenvalue weighted by Gasteiger charge is -2.26. The van der Waals surface area contributed by atoms with Crippen LogP contribution in [0.1, 0.15) is 29.0 Å². The Hall–Kier alpha value is -2.81. The molecule has 0 radical (unpaired) electrons. The summed E-state index contributed by atoms with van der Waals surface area (Å²) in [5.41, 5.74) is 1.90. The molecule has 2 N–H and O–H groups in total. The van der Waals surface area contributed by atoms with Crippen molar-refractivity contribution in [2.75, 3.05) is 26.1 Å². The first-order valence-electron chi connectivity index (χ1n) is 9.60. The van der Waals surface area contributed by atoms with Gasteiger partial charge in [0, 0.05) is 30.3 Å². The molecule has 1 aromatic carbocycles. The Morgan fingerprint density at radius 2 is 2.03 bits per heavy atom. The fourth-order valence-electron chi connectivity index (χ4n) is 3.26. The van der Waals surface area contributed by atoms with Crippen molar-refractivity contribution >= 4 is 28.4 Å². The van der Waals surface area contributed by atoms with Gasteiger partial charge in [0.25, 0.3) is 0 Å². The van der Waals surface area contributed by atoms with E-state index in [-0.39, 0.29) is 17.9 Å². The summed E-state index contributed by atoms with van der Waals surface area (Å²) in [5.74, 6) is 1.49. The molecule has 0 bridgehead atoms. The van der Waals surface area contributed by atoms with Gasteiger partial charge in [-0.15, -0.1) is 0 Å². The number of methoxy groups -OCH3 is 2. The maximum Gasteiger partial charge on any atom is 0.318 e. The lowest BCUT2D eigenvalue weighted by atomic mass is 10.2. The predicted molar refractivity (Wildman–Crippen MR) is 109 cm³/mol. The number of anilines is 1. The maximum absolute atomic E-state index is 12.6. The van der Waals surface area contributed by atoms with Crippen molar-refractivity contribution in [2.45, 2.75) is 32.4 Å². The minimum absolute atomic E-state index is 0.0561. The molecule has 0 atom stereocenters. The van der Waals surface area contributed by atoms with Crippen molar-refractivity contribution in [2.24, 2.45) is 5.92 Å². The first kappa shape index (κ1) is 19.5. The molecule has 0 spiro atoms. The molecule has 1 aliphatic heterocycles. The maximum atomic E-state index is 12.6. The second-order valence-corrected chi connectivity index (χ2v) is 8.26. The second kappa shape index (κ2) is 8.28. The molecule has 1 fully saturated rings. The molecule has 4 rings (SSSR count). The highest BCUT2D eigenvalue weighted by atomic mass is 32.1. The highest BCUT2D eigenvalue weighted by molar-refractivity contribution is 7.15. The number of carbonyl (C=O) groups is 2. The van der Waals surface area contributed by atoms with Crippen LogP contribution in [0.2, 0.25) is 0 Å². The Kier molecular flexibility index (Phi) is 5.57. The summed E-state index contributed by atoms with van der Waals surface area (Å²) in [7, 11) is 3.17. The molecule has 1 aromatic heterocycles. The smallest absolute Gasteiger partial charge is 0.318 e. The molecule has 8 nitrogen and oxygen atoms in total. The quantitative estimate of drug-likeness (QED) is 0.755. The number of fused-ring (bicyclic) bond motifs is 1. The van der Waals surface area contributed by atoms with Crippen LogP contribution in [0, 0.1) is 5.92 Å². The summed E-state index contributed by atoms with van der Waals surface area (Å²) < 4.78 is 10.5. The zero-order chi connectivity index (χ0) is 20.4. The van der Waals surface area contributed by atoms with E-state index in [4.69, 9.17) is 9.47 Å². The molecule has 2 heterocycles. The first-order chi connectivity index (χ1) is 14.1. The number of nitrogens with zero attached hydrogens (tertiary/aromatic N) is 2. The van der Waals surface area contributed by atoms with Crippen molar-refractivity contribution in [1.82, 2.24) is 15.2 Å². The van der Waals surface area contributed by atoms with Crippen LogP contribution in [0.4, 0.5) is 9.93 Å². The Balaban J connectivity index is 1.33. The SMILES string of the molecule is COc1ccc(CNC(=O)N2CCc3nc(NC(=O)C4CC4)sc3C2)cc1OC. The number of rotatable bonds is 6. The van der Waals surface area contributed by atoms with E-state index in [1.165, 1.54) is 11.3 Å². The molecular weight excluding hydrogens is 392 g/mol. The van der Waals surface area contributed by atoms with Gasteiger partial charge in [0.1, 0.15) is 0 Å². The van der Waals surface area contributed by atoms with Crippen molar-refractivity contribution in [1.29, 1.82) is 0 Å². The molecule has 0 saturated heterocycles. The number of thiazole rings is 1. The zero-order valence-corrected chi connectivity index (χ0v) is 17.3. The van der Waals surface area contributed by atoms with Crippen LogP contribution >= 0.6 is 11.3 Å². The molecule has 3 amide bonds. The standard InChI is InChI=1S/C20H24N4O4S/c1-27-15-6-3-12(9-16(15)28-2)10-21-20(26)24-8-7-14-17(11-24)29-19(22-14)23-18(25)13-4-5-13/h3,6,9,13H,4-5,7-8,10-11H2,1-2H3,(H,21,26)(H,22,23,25). The first-order valence-corrected chi connectivity index (χ1v) is 10.4. The third-order valence-corrected chi connectivity index (χ3v) is 6.09. The number of ether oxygens (including phenoxy) is 2. The van der Waals surface area contributed by atoms with Gasteiger partial charge in [0.2, 0.25) is 5.91 Å². The van der Waals surface area contributed by atoms with E-state index < -0.39 is 0 Å². The van der Waals surface area contributed by atoms with Crippen molar-refractivity contribution in [3.8, 4) is 11.5 Å². The third-order valence-electron chi connectivity index (χ3n) is 5.09. The fraction of sp³-hybridized carbons (Fsp3) is 0.450. The van der Waals surface area contributed by atoms with E-state index >= 15 is 0 Å². The van der Waals surface area contributed by atoms with Crippen molar-refractivity contribution < 1.29 is 19.1 Å². The Morgan fingerprint density at radius 3 is 2.76 bits per heavy atom. The normalized spacial score (nSPS) is 15.4. The summed E-state index contributed by atoms with van der Waals surface area (Å²) in [6, 6.07) is 5.45. The number of amides is 3. The Labute approximate surface area is 173 Å². The second-order valence-electron chi connectivity index (χ2n) is 7.17. The molecular formula is C20H24N4O4S. The van der Waals surface area contributed by atoms with E-state index in [1.807, 2.05) is 18.2 Å². The van der Waals surface area contributed by atoms with Gasteiger partial charge in [-0.25, -0.2) is 9.78 Å². The number of hydrogen-bond donors (Lipinski definition) is 2. The molecule has 2 aromatic rings. The van der Waals surface area contributed by atoms with Crippen molar-refractivity contribution in [3.05, 3.63) is 34.3 Å². The molecule has 9 heteroatoms. The van der Waals surface area contributed by atoms with Gasteiger partial charge in [-0.1, -0.05) is 17.4 Å². The molecule has 29 heavy (non-hydrogen) atoms. The minimum atomic E-state index is -0.123. The van der Waals surface area contributed by atoms with Gasteiger partial charge in [-0.3, -0.25) is 4.79 Å². The zero-order valence-electron chi connectivity index (χ0n) is 16.5. The van der Waals surface area contributed by atoms with E-state index in [0.717, 1.165) is 29.0 Å². The largest absolute Gasteiger partial charge is 0.493 e. The molecule has 2 aliphatic rings. The Morgan fingerprint density at radius 1 is 1.24 bits per heavy atom. The molecule has 1 saturated carbocycles. The van der Waals surface area contributed by atoms with Crippen LogP contribution in [0.15, 0.2) is 18.2 Å². The van der Waals surface area contributed by atoms with E-state index in [2.05, 4.69) is 15.6 Å².